The Morgan fingerprint density at radius 3 is 2.82 bits per heavy atom. The highest BCUT2D eigenvalue weighted by Crippen LogP contribution is 2.59. The quantitative estimate of drug-likeness (QED) is 0.543. The van der Waals surface area contributed by atoms with Crippen LogP contribution in [0.1, 0.15) is 89.0 Å². The van der Waals surface area contributed by atoms with Crippen LogP contribution in [0.3, 0.4) is 0 Å². The molecule has 1 aromatic heterocycles. The van der Waals surface area contributed by atoms with Crippen LogP contribution >= 0.6 is 0 Å². The first-order chi connectivity index (χ1) is 16.6. The summed E-state index contributed by atoms with van der Waals surface area (Å²) < 4.78 is 7.33. The van der Waals surface area contributed by atoms with Crippen molar-refractivity contribution < 1.29 is 4.74 Å². The van der Waals surface area contributed by atoms with E-state index in [9.17, 15) is 0 Å². The number of rotatable bonds is 3. The van der Waals surface area contributed by atoms with Gasteiger partial charge < -0.3 is 10.1 Å². The van der Waals surface area contributed by atoms with Crippen LogP contribution in [-0.4, -0.2) is 28.3 Å². The van der Waals surface area contributed by atoms with Gasteiger partial charge in [0.1, 0.15) is 0 Å². The molecule has 34 heavy (non-hydrogen) atoms. The van der Waals surface area contributed by atoms with Crippen LogP contribution < -0.4 is 5.32 Å². The highest BCUT2D eigenvalue weighted by Gasteiger charge is 2.59. The standard InChI is InChI=1S/C31H38N2O/c1-21-5-6-22(24-8-7-23-13-16-32-20-25(23)17-24)3-2-4-27-18-26-9-10-29(33-28-11-12-28)19-30(26)14-15-31(21,27)34-30/h4,7-8,13,16-18,20-22,28-29,33H,2-3,5-6,9-12,14-15,19H2,1H3/b27-4-/t21-,22?,29+,30+,31-/m0/s1. The lowest BCUT2D eigenvalue weighted by Gasteiger charge is -2.48. The van der Waals surface area contributed by atoms with Crippen molar-refractivity contribution in [3.05, 3.63) is 65.5 Å². The summed E-state index contributed by atoms with van der Waals surface area (Å²) in [5, 5.41) is 6.48. The van der Waals surface area contributed by atoms with Crippen molar-refractivity contribution in [2.75, 3.05) is 0 Å². The molecule has 2 aliphatic heterocycles. The molecular formula is C31H38N2O. The summed E-state index contributed by atoms with van der Waals surface area (Å²) >= 11 is 0. The summed E-state index contributed by atoms with van der Waals surface area (Å²) in [6, 6.07) is 10.6. The Balaban J connectivity index is 1.16. The second-order valence-electron chi connectivity index (χ2n) is 11.9. The minimum Gasteiger partial charge on any atom is -0.359 e. The zero-order chi connectivity index (χ0) is 22.8. The molecule has 5 aliphatic rings. The molecule has 1 saturated heterocycles. The van der Waals surface area contributed by atoms with Crippen LogP contribution in [0.4, 0.5) is 0 Å². The topological polar surface area (TPSA) is 34.2 Å². The van der Waals surface area contributed by atoms with E-state index < -0.39 is 0 Å². The SMILES string of the molecule is C[C@H]1CCC(c2ccc3ccncc3c2)CC/C=C2/C=C3CC[C@@H](NC4CC4)C[C@]34CC[C@@]21O4. The normalized spacial score (nSPS) is 39.1. The van der Waals surface area contributed by atoms with Gasteiger partial charge in [0.25, 0.3) is 0 Å². The van der Waals surface area contributed by atoms with Crippen LogP contribution in [0.15, 0.2) is 60.0 Å². The molecule has 3 heterocycles. The van der Waals surface area contributed by atoms with Crippen molar-refractivity contribution in [3.8, 4) is 0 Å². The average molecular weight is 455 g/mol. The molecule has 3 fully saturated rings. The summed E-state index contributed by atoms with van der Waals surface area (Å²) in [7, 11) is 0. The third-order valence-electron chi connectivity index (χ3n) is 9.83. The van der Waals surface area contributed by atoms with Crippen molar-refractivity contribution in [1.29, 1.82) is 0 Å². The van der Waals surface area contributed by atoms with Crippen LogP contribution in [-0.2, 0) is 4.74 Å². The van der Waals surface area contributed by atoms with Crippen molar-refractivity contribution in [3.63, 3.8) is 0 Å². The monoisotopic (exact) mass is 454 g/mol. The van der Waals surface area contributed by atoms with E-state index in [1.165, 1.54) is 86.1 Å². The van der Waals surface area contributed by atoms with Gasteiger partial charge in [-0.2, -0.15) is 0 Å². The number of fused-ring (bicyclic) bond motifs is 1. The lowest BCUT2D eigenvalue weighted by molar-refractivity contribution is -0.111. The number of nitrogens with one attached hydrogen (secondary N) is 1. The number of pyridine rings is 1. The first-order valence-corrected chi connectivity index (χ1v) is 13.9. The largest absolute Gasteiger partial charge is 0.359 e. The molecular weight excluding hydrogens is 416 g/mol. The molecule has 2 saturated carbocycles. The summed E-state index contributed by atoms with van der Waals surface area (Å²) in [5.74, 6) is 1.16. The summed E-state index contributed by atoms with van der Waals surface area (Å²) in [4.78, 5) is 4.36. The van der Waals surface area contributed by atoms with Gasteiger partial charge in [-0.3, -0.25) is 4.98 Å². The molecule has 3 heteroatoms. The molecule has 2 aromatic rings. The maximum atomic E-state index is 7.33. The van der Waals surface area contributed by atoms with E-state index in [0.29, 0.717) is 17.9 Å². The number of benzene rings is 1. The van der Waals surface area contributed by atoms with Crippen molar-refractivity contribution >= 4 is 10.8 Å². The minimum atomic E-state index is -0.0623. The smallest absolute Gasteiger partial charge is 0.0966 e. The van der Waals surface area contributed by atoms with E-state index in [1.54, 1.807) is 5.57 Å². The third kappa shape index (κ3) is 3.50. The van der Waals surface area contributed by atoms with Gasteiger partial charge in [0.15, 0.2) is 0 Å². The molecule has 1 unspecified atom stereocenters. The van der Waals surface area contributed by atoms with E-state index in [-0.39, 0.29) is 11.2 Å². The number of aromatic nitrogens is 1. The fourth-order valence-electron chi connectivity index (χ4n) is 7.66. The Bertz CT molecular complexity index is 1160. The molecule has 5 atom stereocenters. The lowest BCUT2D eigenvalue weighted by Crippen LogP contribution is -2.51. The van der Waals surface area contributed by atoms with Crippen LogP contribution in [0.25, 0.3) is 10.8 Å². The van der Waals surface area contributed by atoms with E-state index in [2.05, 4.69) is 53.6 Å². The minimum absolute atomic E-state index is 0.00913. The van der Waals surface area contributed by atoms with Gasteiger partial charge in [0, 0.05) is 29.9 Å². The van der Waals surface area contributed by atoms with Crippen molar-refractivity contribution in [1.82, 2.24) is 10.3 Å². The van der Waals surface area contributed by atoms with Gasteiger partial charge in [-0.05, 0) is 117 Å². The fourth-order valence-corrected chi connectivity index (χ4v) is 7.66. The van der Waals surface area contributed by atoms with E-state index in [0.717, 1.165) is 12.5 Å². The van der Waals surface area contributed by atoms with E-state index in [1.807, 2.05) is 12.4 Å². The number of hydrogen-bond donors (Lipinski definition) is 1. The molecule has 178 valence electrons. The Labute approximate surface area is 204 Å². The Kier molecular flexibility index (Phi) is 5.04. The molecule has 1 N–H and O–H groups in total. The Morgan fingerprint density at radius 2 is 1.91 bits per heavy atom. The van der Waals surface area contributed by atoms with Gasteiger partial charge >= 0.3 is 0 Å². The maximum Gasteiger partial charge on any atom is 0.0966 e. The second-order valence-corrected chi connectivity index (χ2v) is 11.9. The maximum absolute atomic E-state index is 7.33. The molecule has 0 amide bonds. The second kappa shape index (κ2) is 8.03. The van der Waals surface area contributed by atoms with E-state index in [4.69, 9.17) is 4.74 Å². The van der Waals surface area contributed by atoms with Crippen LogP contribution in [0.5, 0.6) is 0 Å². The first kappa shape index (κ1) is 21.3. The first-order valence-electron chi connectivity index (χ1n) is 13.9. The van der Waals surface area contributed by atoms with Gasteiger partial charge in [-0.1, -0.05) is 31.2 Å². The van der Waals surface area contributed by atoms with E-state index >= 15 is 0 Å². The molecule has 7 rings (SSSR count). The molecule has 2 spiro atoms. The van der Waals surface area contributed by atoms with Crippen molar-refractivity contribution in [2.45, 2.75) is 107 Å². The number of hydrogen-bond acceptors (Lipinski definition) is 3. The van der Waals surface area contributed by atoms with Crippen LogP contribution in [0, 0.1) is 5.92 Å². The number of nitrogens with zero attached hydrogens (tertiary/aromatic N) is 1. The third-order valence-corrected chi connectivity index (χ3v) is 9.83. The predicted octanol–water partition coefficient (Wildman–Crippen LogP) is 6.99. The Hall–Kier alpha value is -1.97. The zero-order valence-electron chi connectivity index (χ0n) is 20.6. The van der Waals surface area contributed by atoms with Gasteiger partial charge in [0.2, 0.25) is 0 Å². The molecule has 2 bridgehead atoms. The number of allylic oxidation sites excluding steroid dienone is 1. The summed E-state index contributed by atoms with van der Waals surface area (Å²) in [6.07, 6.45) is 22.7. The average Bonchev–Trinajstić information content (AvgIpc) is 3.61. The zero-order valence-corrected chi connectivity index (χ0v) is 20.6. The van der Waals surface area contributed by atoms with Gasteiger partial charge in [-0.25, -0.2) is 0 Å². The molecule has 0 radical (unpaired) electrons. The summed E-state index contributed by atoms with van der Waals surface area (Å²) in [5.41, 5.74) is 4.55. The lowest BCUT2D eigenvalue weighted by atomic mass is 9.74. The highest BCUT2D eigenvalue weighted by molar-refractivity contribution is 5.82. The van der Waals surface area contributed by atoms with Gasteiger partial charge in [-0.15, -0.1) is 0 Å². The van der Waals surface area contributed by atoms with Crippen LogP contribution in [0.2, 0.25) is 0 Å². The molecule has 3 nitrogen and oxygen atoms in total. The molecule has 3 aliphatic carbocycles. The number of ether oxygens (including phenoxy) is 1. The molecule has 1 aromatic carbocycles. The Morgan fingerprint density at radius 1 is 0.971 bits per heavy atom. The highest BCUT2D eigenvalue weighted by atomic mass is 16.5. The fraction of sp³-hybridized carbons (Fsp3) is 0.581. The van der Waals surface area contributed by atoms with Gasteiger partial charge in [0.05, 0.1) is 11.2 Å². The predicted molar refractivity (Wildman–Crippen MR) is 138 cm³/mol. The summed E-state index contributed by atoms with van der Waals surface area (Å²) in [6.45, 7) is 2.47. The van der Waals surface area contributed by atoms with Crippen molar-refractivity contribution in [2.24, 2.45) is 5.92 Å².